The zero-order valence-electron chi connectivity index (χ0n) is 16.6. The van der Waals surface area contributed by atoms with Crippen LogP contribution in [-0.4, -0.2) is 23.7 Å². The third-order valence-corrected chi connectivity index (χ3v) is 5.33. The van der Waals surface area contributed by atoms with E-state index in [0.717, 1.165) is 45.6 Å². The molecule has 0 atom stereocenters. The third kappa shape index (κ3) is 3.64. The lowest BCUT2D eigenvalue weighted by Crippen LogP contribution is -2.27. The van der Waals surface area contributed by atoms with Crippen molar-refractivity contribution in [3.05, 3.63) is 58.8 Å². The number of para-hydroxylation sites is 1. The van der Waals surface area contributed by atoms with Gasteiger partial charge in [-0.15, -0.1) is 0 Å². The Hall–Kier alpha value is -3.46. The fraction of sp³-hybridized carbons (Fsp3) is 0.304. The highest BCUT2D eigenvalue weighted by atomic mass is 16.5. The lowest BCUT2D eigenvalue weighted by atomic mass is 10.1. The van der Waals surface area contributed by atoms with Crippen LogP contribution < -0.4 is 14.8 Å². The molecule has 0 aliphatic carbocycles. The first-order valence-electron chi connectivity index (χ1n) is 9.72. The average molecular weight is 389 g/mol. The molecule has 0 fully saturated rings. The third-order valence-electron chi connectivity index (χ3n) is 5.33. The zero-order chi connectivity index (χ0) is 20.4. The van der Waals surface area contributed by atoms with E-state index in [2.05, 4.69) is 11.4 Å². The van der Waals surface area contributed by atoms with Gasteiger partial charge in [0.05, 0.1) is 24.3 Å². The topological polar surface area (TPSA) is 76.3 Å². The number of aryl methyl sites for hydroxylation is 1. The summed E-state index contributed by atoms with van der Waals surface area (Å²) in [6.45, 7) is 5.72. The van der Waals surface area contributed by atoms with E-state index >= 15 is 0 Å². The molecule has 0 radical (unpaired) electrons. The highest BCUT2D eigenvalue weighted by Crippen LogP contribution is 2.32. The van der Waals surface area contributed by atoms with E-state index < -0.39 is 0 Å². The number of carbonyl (C=O) groups is 1. The second kappa shape index (κ2) is 7.88. The largest absolute Gasteiger partial charge is 0.490 e. The van der Waals surface area contributed by atoms with Gasteiger partial charge in [0.2, 0.25) is 5.91 Å². The first kappa shape index (κ1) is 18.9. The molecule has 3 aromatic rings. The molecule has 4 rings (SSSR count). The van der Waals surface area contributed by atoms with Gasteiger partial charge < -0.3 is 19.4 Å². The molecule has 0 spiro atoms. The number of hydrogen-bond acceptors (Lipinski definition) is 4. The second-order valence-corrected chi connectivity index (χ2v) is 7.23. The summed E-state index contributed by atoms with van der Waals surface area (Å²) in [6.07, 6.45) is 0.856. The number of nitrogens with zero attached hydrogens (tertiary/aromatic N) is 2. The van der Waals surface area contributed by atoms with Gasteiger partial charge in [-0.2, -0.15) is 5.26 Å². The minimum absolute atomic E-state index is 0.107. The van der Waals surface area contributed by atoms with Crippen molar-refractivity contribution in [3.63, 3.8) is 0 Å². The minimum atomic E-state index is -0.107. The van der Waals surface area contributed by atoms with Gasteiger partial charge in [0.25, 0.3) is 0 Å². The highest BCUT2D eigenvalue weighted by molar-refractivity contribution is 5.89. The number of ether oxygens (including phenoxy) is 2. The molecular weight excluding hydrogens is 366 g/mol. The number of amides is 1. The van der Waals surface area contributed by atoms with Crippen molar-refractivity contribution in [2.24, 2.45) is 0 Å². The van der Waals surface area contributed by atoms with E-state index in [1.165, 1.54) is 0 Å². The molecule has 1 N–H and O–H groups in total. The maximum atomic E-state index is 12.7. The summed E-state index contributed by atoms with van der Waals surface area (Å²) in [7, 11) is 0. The summed E-state index contributed by atoms with van der Waals surface area (Å²) in [5.41, 5.74) is 4.35. The van der Waals surface area contributed by atoms with Gasteiger partial charge in [0.1, 0.15) is 12.6 Å². The maximum absolute atomic E-state index is 12.7. The van der Waals surface area contributed by atoms with Gasteiger partial charge in [0.15, 0.2) is 11.5 Å². The smallest absolute Gasteiger partial charge is 0.240 e. The van der Waals surface area contributed by atoms with E-state index in [1.807, 2.05) is 54.8 Å². The minimum Gasteiger partial charge on any atom is -0.490 e. The van der Waals surface area contributed by atoms with Crippen LogP contribution in [0.25, 0.3) is 10.9 Å². The predicted molar refractivity (Wildman–Crippen MR) is 110 cm³/mol. The highest BCUT2D eigenvalue weighted by Gasteiger charge is 2.17. The summed E-state index contributed by atoms with van der Waals surface area (Å²) in [4.78, 5) is 12.7. The molecule has 148 valence electrons. The molecule has 0 saturated carbocycles. The Morgan fingerprint density at radius 3 is 2.66 bits per heavy atom. The first-order valence-corrected chi connectivity index (χ1v) is 9.72. The summed E-state index contributed by atoms with van der Waals surface area (Å²) >= 11 is 0. The quantitative estimate of drug-likeness (QED) is 0.740. The van der Waals surface area contributed by atoms with Gasteiger partial charge in [-0.05, 0) is 43.2 Å². The Balaban J connectivity index is 1.51. The number of nitrogens with one attached hydrogen (secondary N) is 1. The van der Waals surface area contributed by atoms with Gasteiger partial charge in [-0.1, -0.05) is 18.2 Å². The lowest BCUT2D eigenvalue weighted by molar-refractivity contribution is -0.121. The molecule has 2 heterocycles. The van der Waals surface area contributed by atoms with Crippen molar-refractivity contribution in [1.29, 1.82) is 5.26 Å². The number of fused-ring (bicyclic) bond motifs is 2. The number of hydrogen-bond donors (Lipinski definition) is 1. The van der Waals surface area contributed by atoms with Crippen LogP contribution in [0.15, 0.2) is 36.4 Å². The van der Waals surface area contributed by atoms with Crippen molar-refractivity contribution in [1.82, 2.24) is 9.88 Å². The molecule has 0 saturated heterocycles. The average Bonchev–Trinajstić information content (AvgIpc) is 2.85. The zero-order valence-corrected chi connectivity index (χ0v) is 16.6. The fourth-order valence-corrected chi connectivity index (χ4v) is 3.71. The van der Waals surface area contributed by atoms with E-state index in [0.29, 0.717) is 25.3 Å². The van der Waals surface area contributed by atoms with Crippen molar-refractivity contribution in [2.45, 2.75) is 33.4 Å². The van der Waals surface area contributed by atoms with Crippen molar-refractivity contribution >= 4 is 16.8 Å². The molecule has 0 unspecified atom stereocenters. The van der Waals surface area contributed by atoms with Crippen LogP contribution in [-0.2, 0) is 17.9 Å². The van der Waals surface area contributed by atoms with Crippen molar-refractivity contribution in [3.8, 4) is 17.6 Å². The number of benzene rings is 2. The number of aromatic nitrogens is 1. The Morgan fingerprint density at radius 1 is 1.17 bits per heavy atom. The molecule has 0 bridgehead atoms. The standard InChI is InChI=1S/C23H23N3O3/c1-15-10-21-22(29-9-5-8-28-21)11-17(15)13-25-23(27)14-26-16(2)19(12-24)18-6-3-4-7-20(18)26/h3-4,6-7,10-11H,5,8-9,13-14H2,1-2H3,(H,25,27). The van der Waals surface area contributed by atoms with Gasteiger partial charge in [-0.25, -0.2) is 0 Å². The molecule has 1 amide bonds. The van der Waals surface area contributed by atoms with Crippen LogP contribution in [0.1, 0.15) is 28.8 Å². The molecule has 6 heteroatoms. The van der Waals surface area contributed by atoms with E-state index in [4.69, 9.17) is 9.47 Å². The number of nitriles is 1. The maximum Gasteiger partial charge on any atom is 0.240 e. The monoisotopic (exact) mass is 389 g/mol. The van der Waals surface area contributed by atoms with Gasteiger partial charge in [-0.3, -0.25) is 4.79 Å². The summed E-state index contributed by atoms with van der Waals surface area (Å²) in [6, 6.07) is 13.8. The van der Waals surface area contributed by atoms with E-state index in [9.17, 15) is 10.1 Å². The van der Waals surface area contributed by atoms with Crippen LogP contribution in [0, 0.1) is 25.2 Å². The summed E-state index contributed by atoms with van der Waals surface area (Å²) in [5, 5.41) is 13.3. The Bertz CT molecular complexity index is 1120. The SMILES string of the molecule is Cc1cc2c(cc1CNC(=O)Cn1c(C)c(C#N)c3ccccc31)OCCCO2. The van der Waals surface area contributed by atoms with Crippen LogP contribution in [0.5, 0.6) is 11.5 Å². The molecule has 6 nitrogen and oxygen atoms in total. The van der Waals surface area contributed by atoms with Crippen molar-refractivity contribution < 1.29 is 14.3 Å². The number of rotatable bonds is 4. The molecule has 1 aliphatic rings. The predicted octanol–water partition coefficient (Wildman–Crippen LogP) is 3.61. The van der Waals surface area contributed by atoms with Crippen LogP contribution in [0.3, 0.4) is 0 Å². The second-order valence-electron chi connectivity index (χ2n) is 7.23. The normalized spacial score (nSPS) is 13.0. The Kier molecular flexibility index (Phi) is 5.13. The molecule has 1 aliphatic heterocycles. The van der Waals surface area contributed by atoms with Crippen LogP contribution in [0.4, 0.5) is 0 Å². The summed E-state index contributed by atoms with van der Waals surface area (Å²) in [5.74, 6) is 1.38. The van der Waals surface area contributed by atoms with Gasteiger partial charge in [0, 0.05) is 24.0 Å². The fourth-order valence-electron chi connectivity index (χ4n) is 3.71. The Labute approximate surface area is 169 Å². The van der Waals surface area contributed by atoms with Crippen LogP contribution in [0.2, 0.25) is 0 Å². The van der Waals surface area contributed by atoms with Crippen molar-refractivity contribution in [2.75, 3.05) is 13.2 Å². The van der Waals surface area contributed by atoms with Crippen LogP contribution >= 0.6 is 0 Å². The molecular formula is C23H23N3O3. The molecule has 29 heavy (non-hydrogen) atoms. The lowest BCUT2D eigenvalue weighted by Gasteiger charge is -2.14. The Morgan fingerprint density at radius 2 is 1.90 bits per heavy atom. The van der Waals surface area contributed by atoms with E-state index in [1.54, 1.807) is 0 Å². The number of carbonyl (C=O) groups excluding carboxylic acids is 1. The molecule has 1 aromatic heterocycles. The summed E-state index contributed by atoms with van der Waals surface area (Å²) < 4.78 is 13.4. The van der Waals surface area contributed by atoms with E-state index in [-0.39, 0.29) is 12.5 Å². The molecule has 2 aromatic carbocycles. The first-order chi connectivity index (χ1) is 14.1. The van der Waals surface area contributed by atoms with Gasteiger partial charge >= 0.3 is 0 Å².